The molecule has 1 saturated heterocycles. The highest BCUT2D eigenvalue weighted by Gasteiger charge is 2.29. The van der Waals surface area contributed by atoms with E-state index >= 15 is 0 Å². The highest BCUT2D eigenvalue weighted by atomic mass is 16.3. The molecule has 2 unspecified atom stereocenters. The average molecular weight is 242 g/mol. The van der Waals surface area contributed by atoms with Crippen molar-refractivity contribution in [2.24, 2.45) is 11.8 Å². The van der Waals surface area contributed by atoms with E-state index in [1.54, 1.807) is 6.92 Å². The highest BCUT2D eigenvalue weighted by Crippen LogP contribution is 2.23. The quantitative estimate of drug-likeness (QED) is 0.703. The second-order valence-electron chi connectivity index (χ2n) is 5.39. The van der Waals surface area contributed by atoms with Crippen molar-refractivity contribution in [1.29, 1.82) is 0 Å². The van der Waals surface area contributed by atoms with Crippen LogP contribution in [0.15, 0.2) is 0 Å². The fraction of sp³-hybridized carbons (Fsp3) is 0.923. The van der Waals surface area contributed by atoms with Gasteiger partial charge in [0.05, 0.1) is 0 Å². The van der Waals surface area contributed by atoms with Gasteiger partial charge in [0.2, 0.25) is 5.91 Å². The highest BCUT2D eigenvalue weighted by molar-refractivity contribution is 5.73. The molecule has 1 amide bonds. The number of carbonyl (C=O) groups excluding carboxylic acids is 1. The third kappa shape index (κ3) is 4.64. The molecule has 0 aromatic heterocycles. The van der Waals surface area contributed by atoms with Gasteiger partial charge in [-0.15, -0.1) is 0 Å². The summed E-state index contributed by atoms with van der Waals surface area (Å²) < 4.78 is 0. The number of hydrogen-bond acceptors (Lipinski definition) is 3. The molecule has 1 heterocycles. The molecule has 0 aromatic rings. The molecule has 17 heavy (non-hydrogen) atoms. The molecule has 0 saturated carbocycles. The Labute approximate surface area is 104 Å². The van der Waals surface area contributed by atoms with Crippen LogP contribution in [0, 0.1) is 11.8 Å². The van der Waals surface area contributed by atoms with Crippen LogP contribution in [0.4, 0.5) is 0 Å². The molecule has 1 aliphatic rings. The summed E-state index contributed by atoms with van der Waals surface area (Å²) in [4.78, 5) is 13.4. The van der Waals surface area contributed by atoms with Crippen LogP contribution in [0.5, 0.6) is 0 Å². The lowest BCUT2D eigenvalue weighted by atomic mass is 9.85. The third-order valence-corrected chi connectivity index (χ3v) is 3.64. The lowest BCUT2D eigenvalue weighted by Crippen LogP contribution is -2.51. The van der Waals surface area contributed by atoms with Crippen molar-refractivity contribution in [3.05, 3.63) is 0 Å². The number of nitrogens with one attached hydrogen (secondary N) is 1. The van der Waals surface area contributed by atoms with Crippen LogP contribution in [-0.4, -0.2) is 48.2 Å². The predicted molar refractivity (Wildman–Crippen MR) is 68.7 cm³/mol. The van der Waals surface area contributed by atoms with Gasteiger partial charge >= 0.3 is 0 Å². The number of aliphatic hydroxyl groups excluding tert-OH is 1. The molecule has 2 N–H and O–H groups in total. The Morgan fingerprint density at radius 1 is 1.47 bits per heavy atom. The van der Waals surface area contributed by atoms with Crippen LogP contribution in [0.25, 0.3) is 0 Å². The molecule has 4 heteroatoms. The third-order valence-electron chi connectivity index (χ3n) is 3.64. The molecule has 0 spiro atoms. The van der Waals surface area contributed by atoms with Crippen molar-refractivity contribution in [3.8, 4) is 0 Å². The zero-order chi connectivity index (χ0) is 12.8. The first-order chi connectivity index (χ1) is 8.04. The Morgan fingerprint density at radius 2 is 2.18 bits per heavy atom. The maximum atomic E-state index is 11.5. The van der Waals surface area contributed by atoms with E-state index in [-0.39, 0.29) is 12.5 Å². The van der Waals surface area contributed by atoms with E-state index in [1.165, 1.54) is 0 Å². The van der Waals surface area contributed by atoms with E-state index in [1.807, 2.05) is 4.90 Å². The molecule has 1 rings (SSSR count). The molecule has 100 valence electrons. The number of likely N-dealkylation sites (tertiary alicyclic amines) is 1. The van der Waals surface area contributed by atoms with Crippen molar-refractivity contribution in [2.45, 2.75) is 39.7 Å². The van der Waals surface area contributed by atoms with Gasteiger partial charge in [-0.2, -0.15) is 0 Å². The van der Waals surface area contributed by atoms with Crippen LogP contribution < -0.4 is 5.32 Å². The number of aliphatic hydroxyl groups is 1. The van der Waals surface area contributed by atoms with Crippen molar-refractivity contribution in [1.82, 2.24) is 10.2 Å². The second kappa shape index (κ2) is 6.97. The van der Waals surface area contributed by atoms with Gasteiger partial charge in [0, 0.05) is 32.7 Å². The van der Waals surface area contributed by atoms with Crippen LogP contribution >= 0.6 is 0 Å². The zero-order valence-electron chi connectivity index (χ0n) is 11.3. The molecular weight excluding hydrogens is 216 g/mol. The van der Waals surface area contributed by atoms with Gasteiger partial charge in [0.1, 0.15) is 0 Å². The van der Waals surface area contributed by atoms with E-state index in [0.29, 0.717) is 17.9 Å². The van der Waals surface area contributed by atoms with Gasteiger partial charge < -0.3 is 15.3 Å². The molecular formula is C13H26N2O2. The topological polar surface area (TPSA) is 52.6 Å². The number of nitrogens with zero attached hydrogens (tertiary/aromatic N) is 1. The van der Waals surface area contributed by atoms with Gasteiger partial charge in [-0.25, -0.2) is 0 Å². The summed E-state index contributed by atoms with van der Waals surface area (Å²) in [6.45, 7) is 8.85. The Bertz CT molecular complexity index is 244. The fourth-order valence-electron chi connectivity index (χ4n) is 2.41. The first-order valence-electron chi connectivity index (χ1n) is 6.64. The summed E-state index contributed by atoms with van der Waals surface area (Å²) in [5.74, 6) is 1.36. The maximum absolute atomic E-state index is 11.5. The summed E-state index contributed by atoms with van der Waals surface area (Å²) in [5, 5.41) is 12.2. The van der Waals surface area contributed by atoms with E-state index < -0.39 is 0 Å². The smallest absolute Gasteiger partial charge is 0.219 e. The van der Waals surface area contributed by atoms with E-state index in [0.717, 1.165) is 32.5 Å². The molecule has 4 nitrogen and oxygen atoms in total. The first-order valence-corrected chi connectivity index (χ1v) is 6.64. The minimum atomic E-state index is 0.171. The molecule has 2 atom stereocenters. The van der Waals surface area contributed by atoms with E-state index in [9.17, 15) is 4.79 Å². The predicted octanol–water partition coefficient (Wildman–Crippen LogP) is 0.851. The van der Waals surface area contributed by atoms with E-state index in [4.69, 9.17) is 5.11 Å². The summed E-state index contributed by atoms with van der Waals surface area (Å²) >= 11 is 0. The van der Waals surface area contributed by atoms with Crippen LogP contribution in [0.3, 0.4) is 0 Å². The van der Waals surface area contributed by atoms with Crippen LogP contribution in [0.1, 0.15) is 33.6 Å². The largest absolute Gasteiger partial charge is 0.396 e. The first kappa shape index (κ1) is 14.5. The average Bonchev–Trinajstić information content (AvgIpc) is 2.29. The number of rotatable bonds is 5. The van der Waals surface area contributed by atoms with Gasteiger partial charge in [-0.1, -0.05) is 13.8 Å². The van der Waals surface area contributed by atoms with Gasteiger partial charge in [0.15, 0.2) is 0 Å². The number of amides is 1. The lowest BCUT2D eigenvalue weighted by molar-refractivity contribution is -0.131. The lowest BCUT2D eigenvalue weighted by Gasteiger charge is -2.39. The fourth-order valence-corrected chi connectivity index (χ4v) is 2.41. The summed E-state index contributed by atoms with van der Waals surface area (Å²) in [6, 6.07) is 0.381. The monoisotopic (exact) mass is 242 g/mol. The minimum Gasteiger partial charge on any atom is -0.396 e. The van der Waals surface area contributed by atoms with Gasteiger partial charge in [-0.05, 0) is 31.2 Å². The standard InChI is InChI=1S/C13H26N2O2/c1-10(2)12-7-13(14-5-4-6-16)9-15(8-12)11(3)17/h10,12-14,16H,4-9H2,1-3H3. The summed E-state index contributed by atoms with van der Waals surface area (Å²) in [6.07, 6.45) is 1.91. The Kier molecular flexibility index (Phi) is 5.92. The summed E-state index contributed by atoms with van der Waals surface area (Å²) in [7, 11) is 0. The zero-order valence-corrected chi connectivity index (χ0v) is 11.3. The van der Waals surface area contributed by atoms with Crippen LogP contribution in [-0.2, 0) is 4.79 Å². The normalized spacial score (nSPS) is 25.4. The molecule has 0 aliphatic carbocycles. The number of piperidine rings is 1. The number of hydrogen-bond donors (Lipinski definition) is 2. The van der Waals surface area contributed by atoms with Crippen molar-refractivity contribution >= 4 is 5.91 Å². The van der Waals surface area contributed by atoms with Crippen molar-refractivity contribution in [2.75, 3.05) is 26.2 Å². The molecule has 0 bridgehead atoms. The summed E-state index contributed by atoms with van der Waals surface area (Å²) in [5.41, 5.74) is 0. The Balaban J connectivity index is 2.49. The van der Waals surface area contributed by atoms with Crippen molar-refractivity contribution < 1.29 is 9.90 Å². The van der Waals surface area contributed by atoms with Gasteiger partial charge in [0.25, 0.3) is 0 Å². The molecule has 1 aliphatic heterocycles. The maximum Gasteiger partial charge on any atom is 0.219 e. The van der Waals surface area contributed by atoms with Crippen molar-refractivity contribution in [3.63, 3.8) is 0 Å². The second-order valence-corrected chi connectivity index (χ2v) is 5.39. The van der Waals surface area contributed by atoms with Gasteiger partial charge in [-0.3, -0.25) is 4.79 Å². The van der Waals surface area contributed by atoms with E-state index in [2.05, 4.69) is 19.2 Å². The molecule has 1 fully saturated rings. The SMILES string of the molecule is CC(=O)N1CC(NCCCO)CC(C(C)C)C1. The minimum absolute atomic E-state index is 0.171. The molecule has 0 radical (unpaired) electrons. The number of carbonyl (C=O) groups is 1. The van der Waals surface area contributed by atoms with Crippen LogP contribution in [0.2, 0.25) is 0 Å². The molecule has 0 aromatic carbocycles. The Hall–Kier alpha value is -0.610. The Morgan fingerprint density at radius 3 is 2.71 bits per heavy atom.